The number of nitrogens with zero attached hydrogens (tertiary/aromatic N) is 1. The predicted octanol–water partition coefficient (Wildman–Crippen LogP) is 17.6. The second kappa shape index (κ2) is 14.8. The minimum absolute atomic E-state index is 0.450. The van der Waals surface area contributed by atoms with Gasteiger partial charge in [0.2, 0.25) is 0 Å². The lowest BCUT2D eigenvalue weighted by atomic mass is 9.68. The number of anilines is 3. The van der Waals surface area contributed by atoms with Crippen molar-refractivity contribution in [2.75, 3.05) is 4.90 Å². The van der Waals surface area contributed by atoms with Gasteiger partial charge < -0.3 is 4.90 Å². The lowest BCUT2D eigenvalue weighted by Crippen LogP contribution is -2.28. The Morgan fingerprint density at radius 3 is 1.38 bits per heavy atom. The Balaban J connectivity index is 0.930. The predicted molar refractivity (Wildman–Crippen MR) is 275 cm³/mol. The lowest BCUT2D eigenvalue weighted by Gasteiger charge is -2.34. The molecule has 10 aromatic carbocycles. The second-order valence-electron chi connectivity index (χ2n) is 16.8. The van der Waals surface area contributed by atoms with Crippen LogP contribution < -0.4 is 4.90 Å². The zero-order chi connectivity index (χ0) is 42.2. The van der Waals surface area contributed by atoms with E-state index in [0.717, 1.165) is 17.1 Å². The number of hydrogen-bond acceptors (Lipinski definition) is 3. The van der Waals surface area contributed by atoms with Crippen molar-refractivity contribution in [3.63, 3.8) is 0 Å². The van der Waals surface area contributed by atoms with Gasteiger partial charge in [0.1, 0.15) is 0 Å². The van der Waals surface area contributed by atoms with Crippen molar-refractivity contribution in [2.45, 2.75) is 5.41 Å². The summed E-state index contributed by atoms with van der Waals surface area (Å²) in [5, 5.41) is 5.23. The molecule has 0 aliphatic heterocycles. The smallest absolute Gasteiger partial charge is 0.0713 e. The summed E-state index contributed by atoms with van der Waals surface area (Å²) in [5.41, 5.74) is 15.5. The fourth-order valence-electron chi connectivity index (χ4n) is 10.4. The summed E-state index contributed by atoms with van der Waals surface area (Å²) in [7, 11) is 0. The van der Waals surface area contributed by atoms with Crippen LogP contribution in [-0.4, -0.2) is 0 Å². The van der Waals surface area contributed by atoms with Crippen molar-refractivity contribution in [1.82, 2.24) is 0 Å². The van der Waals surface area contributed by atoms with Gasteiger partial charge >= 0.3 is 0 Å². The number of hydrogen-bond donors (Lipinski definition) is 0. The third kappa shape index (κ3) is 5.75. The van der Waals surface area contributed by atoms with E-state index in [9.17, 15) is 0 Å². The molecule has 64 heavy (non-hydrogen) atoms. The van der Waals surface area contributed by atoms with Crippen molar-refractivity contribution in [3.8, 4) is 33.4 Å². The first-order chi connectivity index (χ1) is 31.7. The molecule has 0 N–H and O–H groups in total. The van der Waals surface area contributed by atoms with E-state index >= 15 is 0 Å². The van der Waals surface area contributed by atoms with Gasteiger partial charge in [-0.25, -0.2) is 0 Å². The summed E-state index contributed by atoms with van der Waals surface area (Å²) in [4.78, 5) is 2.44. The highest BCUT2D eigenvalue weighted by Gasteiger charge is 2.46. The van der Waals surface area contributed by atoms with Gasteiger partial charge in [-0.1, -0.05) is 170 Å². The zero-order valence-electron chi connectivity index (χ0n) is 34.8. The quantitative estimate of drug-likeness (QED) is 0.154. The van der Waals surface area contributed by atoms with E-state index in [1.165, 1.54) is 96.0 Å². The van der Waals surface area contributed by atoms with Gasteiger partial charge in [0.25, 0.3) is 0 Å². The summed E-state index contributed by atoms with van der Waals surface area (Å²) in [6.45, 7) is 0. The molecule has 0 unspecified atom stereocenters. The van der Waals surface area contributed by atoms with Crippen LogP contribution >= 0.6 is 22.7 Å². The molecular weight excluding hydrogens is 811 g/mol. The molecule has 0 fully saturated rings. The maximum absolute atomic E-state index is 2.44. The van der Waals surface area contributed by atoms with E-state index < -0.39 is 5.41 Å². The van der Waals surface area contributed by atoms with Crippen LogP contribution in [0.25, 0.3) is 73.7 Å². The summed E-state index contributed by atoms with van der Waals surface area (Å²) in [6.07, 6.45) is 0. The summed E-state index contributed by atoms with van der Waals surface area (Å²) < 4.78 is 5.27. The van der Waals surface area contributed by atoms with Crippen molar-refractivity contribution in [3.05, 3.63) is 259 Å². The van der Waals surface area contributed by atoms with Gasteiger partial charge in [0.05, 0.1) is 5.41 Å². The monoisotopic (exact) mass is 849 g/mol. The van der Waals surface area contributed by atoms with Crippen LogP contribution in [0, 0.1) is 0 Å². The standard InChI is InChI=1S/C61H39NS2/c1-3-13-44(14-4-1)61(45-15-5-2-6-16-45)55-20-10-7-17-49(55)52-38-47(32-34-56(52)61)62(48-33-36-60-54(39-48)51-19-9-12-22-58(51)64-60)46-30-27-41(28-31-46)40-23-25-42(26-24-40)43-29-35-59-53(37-43)50-18-8-11-21-57(50)63-59/h1-39H. The van der Waals surface area contributed by atoms with E-state index in [0.29, 0.717) is 0 Å². The van der Waals surface area contributed by atoms with Crippen LogP contribution in [0.4, 0.5) is 17.1 Å². The van der Waals surface area contributed by atoms with E-state index in [4.69, 9.17) is 0 Å². The first-order valence-corrected chi connectivity index (χ1v) is 23.5. The molecule has 3 heteroatoms. The highest BCUT2D eigenvalue weighted by Crippen LogP contribution is 2.57. The number of rotatable bonds is 7. The summed E-state index contributed by atoms with van der Waals surface area (Å²) in [5.74, 6) is 0. The lowest BCUT2D eigenvalue weighted by molar-refractivity contribution is 0.768. The van der Waals surface area contributed by atoms with Crippen molar-refractivity contribution < 1.29 is 0 Å². The number of fused-ring (bicyclic) bond motifs is 9. The molecule has 0 spiro atoms. The van der Waals surface area contributed by atoms with E-state index in [1.807, 2.05) is 22.7 Å². The molecule has 1 aliphatic rings. The van der Waals surface area contributed by atoms with Crippen LogP contribution in [0.15, 0.2) is 237 Å². The van der Waals surface area contributed by atoms with Gasteiger partial charge in [-0.15, -0.1) is 22.7 Å². The van der Waals surface area contributed by atoms with Gasteiger partial charge in [-0.05, 0) is 122 Å². The van der Waals surface area contributed by atoms with Crippen LogP contribution in [0.3, 0.4) is 0 Å². The molecular formula is C61H39NS2. The molecule has 0 atom stereocenters. The van der Waals surface area contributed by atoms with Crippen LogP contribution in [0.1, 0.15) is 22.3 Å². The maximum atomic E-state index is 2.44. The highest BCUT2D eigenvalue weighted by molar-refractivity contribution is 7.26. The van der Waals surface area contributed by atoms with E-state index in [2.05, 4.69) is 241 Å². The zero-order valence-corrected chi connectivity index (χ0v) is 36.4. The summed E-state index contributed by atoms with van der Waals surface area (Å²) in [6, 6.07) is 87.8. The average molecular weight is 850 g/mol. The van der Waals surface area contributed by atoms with Crippen LogP contribution in [0.5, 0.6) is 0 Å². The Kier molecular flexibility index (Phi) is 8.55. The first-order valence-electron chi connectivity index (χ1n) is 21.9. The third-order valence-electron chi connectivity index (χ3n) is 13.4. The largest absolute Gasteiger partial charge is 0.310 e. The minimum Gasteiger partial charge on any atom is -0.310 e. The molecule has 13 rings (SSSR count). The van der Waals surface area contributed by atoms with Crippen LogP contribution in [-0.2, 0) is 5.41 Å². The summed E-state index contributed by atoms with van der Waals surface area (Å²) >= 11 is 3.72. The molecule has 1 aliphatic carbocycles. The van der Waals surface area contributed by atoms with Crippen LogP contribution in [0.2, 0.25) is 0 Å². The fraction of sp³-hybridized carbons (Fsp3) is 0.0164. The molecule has 0 saturated carbocycles. The number of benzene rings is 10. The van der Waals surface area contributed by atoms with Gasteiger partial charge in [0, 0.05) is 57.4 Å². The molecule has 12 aromatic rings. The van der Waals surface area contributed by atoms with E-state index in [-0.39, 0.29) is 0 Å². The Morgan fingerprint density at radius 2 is 0.719 bits per heavy atom. The Bertz CT molecular complexity index is 3670. The van der Waals surface area contributed by atoms with Gasteiger partial charge in [-0.3, -0.25) is 0 Å². The molecule has 1 nitrogen and oxygen atoms in total. The first kappa shape index (κ1) is 37.0. The maximum Gasteiger partial charge on any atom is 0.0713 e. The molecule has 2 heterocycles. The molecule has 0 amide bonds. The van der Waals surface area contributed by atoms with Crippen molar-refractivity contribution in [2.24, 2.45) is 0 Å². The fourth-order valence-corrected chi connectivity index (χ4v) is 12.6. The Morgan fingerprint density at radius 1 is 0.281 bits per heavy atom. The normalized spacial score (nSPS) is 12.8. The third-order valence-corrected chi connectivity index (χ3v) is 15.7. The minimum atomic E-state index is -0.450. The second-order valence-corrected chi connectivity index (χ2v) is 19.0. The number of thiophene rings is 2. The molecule has 300 valence electrons. The Hall–Kier alpha value is -7.56. The van der Waals surface area contributed by atoms with Gasteiger partial charge in [0.15, 0.2) is 0 Å². The Labute approximate surface area is 380 Å². The van der Waals surface area contributed by atoms with E-state index in [1.54, 1.807) is 0 Å². The molecule has 0 radical (unpaired) electrons. The van der Waals surface area contributed by atoms with Crippen molar-refractivity contribution in [1.29, 1.82) is 0 Å². The van der Waals surface area contributed by atoms with Gasteiger partial charge in [-0.2, -0.15) is 0 Å². The highest BCUT2D eigenvalue weighted by atomic mass is 32.1. The SMILES string of the molecule is c1ccc(C2(c3ccccc3)c3ccccc3-c3cc(N(c4ccc(-c5ccc(-c6ccc7sc8ccccc8c7c6)cc5)cc4)c4ccc5sc6ccccc6c5c4)ccc32)cc1. The topological polar surface area (TPSA) is 3.24 Å². The molecule has 0 bridgehead atoms. The average Bonchev–Trinajstić information content (AvgIpc) is 4.03. The van der Waals surface area contributed by atoms with Crippen molar-refractivity contribution >= 4 is 80.1 Å². The molecule has 2 aromatic heterocycles. The molecule has 0 saturated heterocycles.